The maximum Gasteiger partial charge on any atom is 0.207 e. The van der Waals surface area contributed by atoms with Crippen LogP contribution in [0.2, 0.25) is 0 Å². The minimum absolute atomic E-state index is 0.232. The second-order valence-corrected chi connectivity index (χ2v) is 3.64. The third-order valence-corrected chi connectivity index (χ3v) is 2.68. The lowest BCUT2D eigenvalue weighted by Gasteiger charge is -2.27. The highest BCUT2D eigenvalue weighted by molar-refractivity contribution is 5.46. The predicted octanol–water partition coefficient (Wildman–Crippen LogP) is 0.939. The molecule has 0 bridgehead atoms. The van der Waals surface area contributed by atoms with Gasteiger partial charge in [0, 0.05) is 19.1 Å². The standard InChI is InChI=1S/C9H17NO2/c1-12-7-9(6-10-8-11)4-2-3-5-9/h8H,2-7H2,1H3,(H,10,11). The van der Waals surface area contributed by atoms with Gasteiger partial charge < -0.3 is 10.1 Å². The first-order chi connectivity index (χ1) is 5.83. The summed E-state index contributed by atoms with van der Waals surface area (Å²) in [5.74, 6) is 0. The van der Waals surface area contributed by atoms with Crippen LogP contribution in [0.3, 0.4) is 0 Å². The summed E-state index contributed by atoms with van der Waals surface area (Å²) in [5.41, 5.74) is 0.232. The Morgan fingerprint density at radius 3 is 2.67 bits per heavy atom. The molecule has 70 valence electrons. The number of hydrogen-bond donors (Lipinski definition) is 1. The fourth-order valence-corrected chi connectivity index (χ4v) is 2.06. The van der Waals surface area contributed by atoms with Crippen molar-refractivity contribution in [1.29, 1.82) is 0 Å². The van der Waals surface area contributed by atoms with Crippen LogP contribution in [-0.2, 0) is 9.53 Å². The van der Waals surface area contributed by atoms with Gasteiger partial charge in [0.15, 0.2) is 0 Å². The smallest absolute Gasteiger partial charge is 0.207 e. The largest absolute Gasteiger partial charge is 0.384 e. The van der Waals surface area contributed by atoms with Crippen LogP contribution < -0.4 is 5.32 Å². The van der Waals surface area contributed by atoms with Gasteiger partial charge >= 0.3 is 0 Å². The minimum Gasteiger partial charge on any atom is -0.384 e. The zero-order valence-electron chi connectivity index (χ0n) is 7.64. The first-order valence-corrected chi connectivity index (χ1v) is 4.49. The molecule has 0 saturated heterocycles. The molecule has 1 amide bonds. The number of amides is 1. The first-order valence-electron chi connectivity index (χ1n) is 4.49. The molecule has 0 radical (unpaired) electrons. The number of carbonyl (C=O) groups excluding carboxylic acids is 1. The van der Waals surface area contributed by atoms with Crippen molar-refractivity contribution in [2.75, 3.05) is 20.3 Å². The van der Waals surface area contributed by atoms with Gasteiger partial charge in [0.05, 0.1) is 6.61 Å². The van der Waals surface area contributed by atoms with E-state index in [1.807, 2.05) is 0 Å². The van der Waals surface area contributed by atoms with Crippen molar-refractivity contribution in [3.63, 3.8) is 0 Å². The summed E-state index contributed by atoms with van der Waals surface area (Å²) in [7, 11) is 1.72. The van der Waals surface area contributed by atoms with E-state index in [0.717, 1.165) is 19.6 Å². The Morgan fingerprint density at radius 1 is 1.50 bits per heavy atom. The van der Waals surface area contributed by atoms with E-state index in [-0.39, 0.29) is 5.41 Å². The Balaban J connectivity index is 2.40. The van der Waals surface area contributed by atoms with Gasteiger partial charge in [-0.05, 0) is 12.8 Å². The van der Waals surface area contributed by atoms with Gasteiger partial charge in [0.1, 0.15) is 0 Å². The highest BCUT2D eigenvalue weighted by Crippen LogP contribution is 2.37. The number of ether oxygens (including phenoxy) is 1. The van der Waals surface area contributed by atoms with Crippen molar-refractivity contribution >= 4 is 6.41 Å². The van der Waals surface area contributed by atoms with Crippen molar-refractivity contribution in [3.8, 4) is 0 Å². The lowest BCUT2D eigenvalue weighted by molar-refractivity contribution is -0.110. The third kappa shape index (κ3) is 2.21. The van der Waals surface area contributed by atoms with Gasteiger partial charge in [-0.15, -0.1) is 0 Å². The molecule has 0 heterocycles. The lowest BCUT2D eigenvalue weighted by Crippen LogP contribution is -2.35. The fraction of sp³-hybridized carbons (Fsp3) is 0.889. The summed E-state index contributed by atoms with van der Waals surface area (Å²) in [5, 5.41) is 2.76. The number of nitrogens with one attached hydrogen (secondary N) is 1. The van der Waals surface area contributed by atoms with Gasteiger partial charge in [-0.2, -0.15) is 0 Å². The number of hydrogen-bond acceptors (Lipinski definition) is 2. The topological polar surface area (TPSA) is 38.3 Å². The molecule has 1 aliphatic rings. The SMILES string of the molecule is COCC1(CNC=O)CCCC1. The molecule has 0 aromatic rings. The molecule has 12 heavy (non-hydrogen) atoms. The quantitative estimate of drug-likeness (QED) is 0.625. The molecule has 0 atom stereocenters. The summed E-state index contributed by atoms with van der Waals surface area (Å²) < 4.78 is 5.17. The van der Waals surface area contributed by atoms with Crippen LogP contribution in [0.25, 0.3) is 0 Å². The van der Waals surface area contributed by atoms with Crippen LogP contribution in [0, 0.1) is 5.41 Å². The maximum absolute atomic E-state index is 10.2. The molecule has 3 heteroatoms. The summed E-state index contributed by atoms with van der Waals surface area (Å²) in [6.07, 6.45) is 5.67. The average molecular weight is 171 g/mol. The molecule has 1 fully saturated rings. The molecule has 1 aliphatic carbocycles. The van der Waals surface area contributed by atoms with Crippen LogP contribution in [-0.4, -0.2) is 26.7 Å². The van der Waals surface area contributed by atoms with Crippen molar-refractivity contribution < 1.29 is 9.53 Å². The van der Waals surface area contributed by atoms with Crippen molar-refractivity contribution in [2.24, 2.45) is 5.41 Å². The highest BCUT2D eigenvalue weighted by Gasteiger charge is 2.33. The van der Waals surface area contributed by atoms with Crippen LogP contribution in [0.15, 0.2) is 0 Å². The summed E-state index contributed by atoms with van der Waals surface area (Å²) >= 11 is 0. The van der Waals surface area contributed by atoms with Crippen molar-refractivity contribution in [3.05, 3.63) is 0 Å². The van der Waals surface area contributed by atoms with Gasteiger partial charge in [-0.3, -0.25) is 4.79 Å². The molecular formula is C9H17NO2. The summed E-state index contributed by atoms with van der Waals surface area (Å²) in [6, 6.07) is 0. The van der Waals surface area contributed by atoms with Crippen LogP contribution in [0.1, 0.15) is 25.7 Å². The summed E-state index contributed by atoms with van der Waals surface area (Å²) in [6.45, 7) is 1.54. The molecule has 3 nitrogen and oxygen atoms in total. The van der Waals surface area contributed by atoms with E-state index in [1.165, 1.54) is 25.7 Å². The van der Waals surface area contributed by atoms with Gasteiger partial charge in [0.2, 0.25) is 6.41 Å². The predicted molar refractivity (Wildman–Crippen MR) is 46.8 cm³/mol. The molecular weight excluding hydrogens is 154 g/mol. The van der Waals surface area contributed by atoms with Crippen LogP contribution >= 0.6 is 0 Å². The number of rotatable bonds is 5. The Kier molecular flexibility index (Phi) is 3.53. The van der Waals surface area contributed by atoms with Gasteiger partial charge in [-0.1, -0.05) is 12.8 Å². The van der Waals surface area contributed by atoms with E-state index in [9.17, 15) is 4.79 Å². The fourth-order valence-electron chi connectivity index (χ4n) is 2.06. The van der Waals surface area contributed by atoms with Crippen molar-refractivity contribution in [2.45, 2.75) is 25.7 Å². The monoisotopic (exact) mass is 171 g/mol. The minimum atomic E-state index is 0.232. The Hall–Kier alpha value is -0.570. The molecule has 1 saturated carbocycles. The van der Waals surface area contributed by atoms with Crippen molar-refractivity contribution in [1.82, 2.24) is 5.32 Å². The molecule has 1 N–H and O–H groups in total. The highest BCUT2D eigenvalue weighted by atomic mass is 16.5. The van der Waals surface area contributed by atoms with Gasteiger partial charge in [0.25, 0.3) is 0 Å². The van der Waals surface area contributed by atoms with Crippen LogP contribution in [0.5, 0.6) is 0 Å². The molecule has 1 rings (SSSR count). The normalized spacial score (nSPS) is 20.8. The lowest BCUT2D eigenvalue weighted by atomic mass is 9.87. The average Bonchev–Trinajstić information content (AvgIpc) is 2.51. The van der Waals surface area contributed by atoms with E-state index < -0.39 is 0 Å². The zero-order chi connectivity index (χ0) is 8.86. The third-order valence-electron chi connectivity index (χ3n) is 2.68. The first kappa shape index (κ1) is 9.52. The van der Waals surface area contributed by atoms with E-state index in [1.54, 1.807) is 7.11 Å². The maximum atomic E-state index is 10.2. The molecule has 0 unspecified atom stereocenters. The molecule has 0 aliphatic heterocycles. The van der Waals surface area contributed by atoms with Gasteiger partial charge in [-0.25, -0.2) is 0 Å². The Labute approximate surface area is 73.5 Å². The number of carbonyl (C=O) groups is 1. The zero-order valence-corrected chi connectivity index (χ0v) is 7.64. The van der Waals surface area contributed by atoms with E-state index >= 15 is 0 Å². The second kappa shape index (κ2) is 4.45. The van der Waals surface area contributed by atoms with E-state index in [0.29, 0.717) is 0 Å². The summed E-state index contributed by atoms with van der Waals surface area (Å²) in [4.78, 5) is 10.2. The van der Waals surface area contributed by atoms with E-state index in [4.69, 9.17) is 4.74 Å². The molecule has 0 aromatic carbocycles. The van der Waals surface area contributed by atoms with Crippen LogP contribution in [0.4, 0.5) is 0 Å². The molecule has 0 spiro atoms. The Bertz CT molecular complexity index is 141. The number of methoxy groups -OCH3 is 1. The van der Waals surface area contributed by atoms with E-state index in [2.05, 4.69) is 5.32 Å². The second-order valence-electron chi connectivity index (χ2n) is 3.64. The molecule has 0 aromatic heterocycles. The Morgan fingerprint density at radius 2 is 2.17 bits per heavy atom.